The number of carbonyl (C=O) groups is 3. The first kappa shape index (κ1) is 27.3. The fourth-order valence-electron chi connectivity index (χ4n) is 4.57. The number of nitrogens with zero attached hydrogens (tertiary/aromatic N) is 2. The molecule has 1 N–H and O–H groups in total. The minimum absolute atomic E-state index is 0.0163. The van der Waals surface area contributed by atoms with Crippen LogP contribution in [0.2, 0.25) is 0 Å². The standard InChI is InChI=1S/C27H31N3O7S/c1-4-36-27(33)20-9-11-21(12-10-20)28-25(31)17-38(34,35)24-15-29(23-8-6-5-7-22(23)24)16-26(32)30-13-18(2)37-19(3)14-30/h5-12,15,18-19H,4,13-14,16-17H2,1-3H3,(H,28,31). The minimum atomic E-state index is -4.04. The second-order valence-corrected chi connectivity index (χ2v) is 11.3. The van der Waals surface area contributed by atoms with Crippen molar-refractivity contribution < 1.29 is 32.3 Å². The van der Waals surface area contributed by atoms with Crippen molar-refractivity contribution in [3.8, 4) is 0 Å². The van der Waals surface area contributed by atoms with E-state index in [1.807, 2.05) is 13.8 Å². The summed E-state index contributed by atoms with van der Waals surface area (Å²) in [6.45, 7) is 6.66. The van der Waals surface area contributed by atoms with Crippen LogP contribution in [0.3, 0.4) is 0 Å². The van der Waals surface area contributed by atoms with Gasteiger partial charge >= 0.3 is 5.97 Å². The Labute approximate surface area is 221 Å². The van der Waals surface area contributed by atoms with Crippen LogP contribution in [-0.2, 0) is 35.4 Å². The molecule has 4 rings (SSSR count). The number of benzene rings is 2. The quantitative estimate of drug-likeness (QED) is 0.435. The van der Waals surface area contributed by atoms with Crippen molar-refractivity contribution in [2.75, 3.05) is 30.8 Å². The average Bonchev–Trinajstić information content (AvgIpc) is 3.23. The van der Waals surface area contributed by atoms with E-state index in [1.54, 1.807) is 40.7 Å². The number of ether oxygens (including phenoxy) is 2. The van der Waals surface area contributed by atoms with Crippen LogP contribution in [0, 0.1) is 0 Å². The topological polar surface area (TPSA) is 124 Å². The largest absolute Gasteiger partial charge is 0.462 e. The van der Waals surface area contributed by atoms with Crippen molar-refractivity contribution in [1.82, 2.24) is 9.47 Å². The zero-order chi connectivity index (χ0) is 27.4. The molecule has 2 amide bonds. The predicted octanol–water partition coefficient (Wildman–Crippen LogP) is 2.87. The first-order valence-electron chi connectivity index (χ1n) is 12.4. The van der Waals surface area contributed by atoms with Crippen molar-refractivity contribution in [2.24, 2.45) is 0 Å². The zero-order valence-corrected chi connectivity index (χ0v) is 22.4. The van der Waals surface area contributed by atoms with Crippen LogP contribution in [0.1, 0.15) is 31.1 Å². The summed E-state index contributed by atoms with van der Waals surface area (Å²) >= 11 is 0. The van der Waals surface area contributed by atoms with E-state index in [4.69, 9.17) is 9.47 Å². The number of sulfone groups is 1. The van der Waals surface area contributed by atoms with E-state index in [9.17, 15) is 22.8 Å². The van der Waals surface area contributed by atoms with Crippen molar-refractivity contribution in [2.45, 2.75) is 44.4 Å². The van der Waals surface area contributed by atoms with E-state index in [-0.39, 0.29) is 36.2 Å². The molecule has 38 heavy (non-hydrogen) atoms. The van der Waals surface area contributed by atoms with Gasteiger partial charge in [0, 0.05) is 35.9 Å². The summed E-state index contributed by atoms with van der Waals surface area (Å²) < 4.78 is 38.9. The molecule has 0 radical (unpaired) electrons. The smallest absolute Gasteiger partial charge is 0.338 e. The van der Waals surface area contributed by atoms with Crippen LogP contribution in [0.4, 0.5) is 5.69 Å². The SMILES string of the molecule is CCOC(=O)c1ccc(NC(=O)CS(=O)(=O)c2cn(CC(=O)N3CC(C)OC(C)C3)c3ccccc23)cc1. The molecule has 2 atom stereocenters. The number of morpholine rings is 1. The van der Waals surface area contributed by atoms with Gasteiger partial charge in [-0.3, -0.25) is 9.59 Å². The highest BCUT2D eigenvalue weighted by Crippen LogP contribution is 2.27. The highest BCUT2D eigenvalue weighted by Gasteiger charge is 2.28. The van der Waals surface area contributed by atoms with Gasteiger partial charge in [-0.25, -0.2) is 13.2 Å². The highest BCUT2D eigenvalue weighted by atomic mass is 32.2. The molecule has 1 aromatic heterocycles. The van der Waals surface area contributed by atoms with Gasteiger partial charge in [0.25, 0.3) is 0 Å². The van der Waals surface area contributed by atoms with Crippen LogP contribution in [0.15, 0.2) is 59.6 Å². The number of hydrogen-bond acceptors (Lipinski definition) is 7. The molecule has 0 saturated carbocycles. The summed E-state index contributed by atoms with van der Waals surface area (Å²) in [6, 6.07) is 12.9. The lowest BCUT2D eigenvalue weighted by atomic mass is 10.2. The molecule has 1 fully saturated rings. The summed E-state index contributed by atoms with van der Waals surface area (Å²) in [6.07, 6.45) is 1.26. The number of aromatic nitrogens is 1. The molecule has 1 saturated heterocycles. The number of anilines is 1. The molecule has 2 heterocycles. The molecular formula is C27H31N3O7S. The molecule has 2 unspecified atom stereocenters. The Morgan fingerprint density at radius 3 is 2.34 bits per heavy atom. The Hall–Kier alpha value is -3.70. The van der Waals surface area contributed by atoms with Gasteiger partial charge in [-0.2, -0.15) is 0 Å². The van der Waals surface area contributed by atoms with Gasteiger partial charge in [-0.1, -0.05) is 18.2 Å². The summed E-state index contributed by atoms with van der Waals surface area (Å²) in [5.41, 5.74) is 1.25. The highest BCUT2D eigenvalue weighted by molar-refractivity contribution is 7.92. The van der Waals surface area contributed by atoms with Crippen molar-refractivity contribution in [3.05, 3.63) is 60.3 Å². The first-order valence-corrected chi connectivity index (χ1v) is 14.0. The molecule has 1 aliphatic rings. The maximum atomic E-state index is 13.3. The van der Waals surface area contributed by atoms with E-state index >= 15 is 0 Å². The first-order chi connectivity index (χ1) is 18.1. The van der Waals surface area contributed by atoms with Gasteiger partial charge in [0.2, 0.25) is 11.8 Å². The van der Waals surface area contributed by atoms with Crippen LogP contribution in [-0.4, -0.2) is 73.3 Å². The Bertz CT molecular complexity index is 1440. The predicted molar refractivity (Wildman–Crippen MR) is 142 cm³/mol. The maximum absolute atomic E-state index is 13.3. The third-order valence-electron chi connectivity index (χ3n) is 6.17. The van der Waals surface area contributed by atoms with Gasteiger partial charge in [-0.05, 0) is 51.1 Å². The number of rotatable bonds is 8. The van der Waals surface area contributed by atoms with Crippen LogP contribution in [0.25, 0.3) is 10.9 Å². The fourth-order valence-corrected chi connectivity index (χ4v) is 5.94. The lowest BCUT2D eigenvalue weighted by Crippen LogP contribution is -2.49. The average molecular weight is 542 g/mol. The summed E-state index contributed by atoms with van der Waals surface area (Å²) in [5.74, 6) is -2.13. The third kappa shape index (κ3) is 6.22. The van der Waals surface area contributed by atoms with Gasteiger partial charge in [0.1, 0.15) is 12.3 Å². The number of hydrogen-bond donors (Lipinski definition) is 1. The normalized spacial score (nSPS) is 17.8. The van der Waals surface area contributed by atoms with Crippen molar-refractivity contribution in [1.29, 1.82) is 0 Å². The van der Waals surface area contributed by atoms with Gasteiger partial charge in [0.05, 0.1) is 29.3 Å². The third-order valence-corrected chi connectivity index (χ3v) is 7.80. The van der Waals surface area contributed by atoms with E-state index in [1.165, 1.54) is 30.5 Å². The molecular weight excluding hydrogens is 510 g/mol. The Morgan fingerprint density at radius 1 is 1.03 bits per heavy atom. The molecule has 0 spiro atoms. The molecule has 11 heteroatoms. The lowest BCUT2D eigenvalue weighted by Gasteiger charge is -2.35. The number of nitrogens with one attached hydrogen (secondary N) is 1. The Morgan fingerprint density at radius 2 is 1.68 bits per heavy atom. The lowest BCUT2D eigenvalue weighted by molar-refractivity contribution is -0.143. The summed E-state index contributed by atoms with van der Waals surface area (Å²) in [7, 11) is -4.04. The fraction of sp³-hybridized carbons (Fsp3) is 0.370. The second kappa shape index (κ2) is 11.4. The number of esters is 1. The number of para-hydroxylation sites is 1. The number of fused-ring (bicyclic) bond motifs is 1. The molecule has 10 nitrogen and oxygen atoms in total. The van der Waals surface area contributed by atoms with Crippen LogP contribution >= 0.6 is 0 Å². The maximum Gasteiger partial charge on any atom is 0.338 e. The molecule has 0 aliphatic carbocycles. The number of carbonyl (C=O) groups excluding carboxylic acids is 3. The summed E-state index contributed by atoms with van der Waals surface area (Å²) in [4.78, 5) is 39.2. The molecule has 2 aromatic carbocycles. The number of amides is 2. The van der Waals surface area contributed by atoms with E-state index in [0.29, 0.717) is 35.2 Å². The van der Waals surface area contributed by atoms with E-state index < -0.39 is 27.5 Å². The molecule has 0 bridgehead atoms. The van der Waals surface area contributed by atoms with Crippen LogP contribution in [0.5, 0.6) is 0 Å². The van der Waals surface area contributed by atoms with Crippen molar-refractivity contribution in [3.63, 3.8) is 0 Å². The van der Waals surface area contributed by atoms with Gasteiger partial charge in [0.15, 0.2) is 9.84 Å². The Balaban J connectivity index is 1.50. The van der Waals surface area contributed by atoms with E-state index in [2.05, 4.69) is 5.32 Å². The second-order valence-electron chi connectivity index (χ2n) is 9.30. The molecule has 1 aliphatic heterocycles. The van der Waals surface area contributed by atoms with Gasteiger partial charge in [-0.15, -0.1) is 0 Å². The minimum Gasteiger partial charge on any atom is -0.462 e. The van der Waals surface area contributed by atoms with E-state index in [0.717, 1.165) is 0 Å². The summed E-state index contributed by atoms with van der Waals surface area (Å²) in [5, 5.41) is 2.99. The van der Waals surface area contributed by atoms with Crippen LogP contribution < -0.4 is 5.32 Å². The monoisotopic (exact) mass is 541 g/mol. The molecule has 202 valence electrons. The van der Waals surface area contributed by atoms with Crippen molar-refractivity contribution >= 4 is 44.2 Å². The Kier molecular flexibility index (Phi) is 8.17. The van der Waals surface area contributed by atoms with Gasteiger partial charge < -0.3 is 24.3 Å². The zero-order valence-electron chi connectivity index (χ0n) is 21.5. The molecule has 3 aromatic rings.